The van der Waals surface area contributed by atoms with Crippen LogP contribution < -0.4 is 10.6 Å². The van der Waals surface area contributed by atoms with Gasteiger partial charge >= 0.3 is 0 Å². The maximum absolute atomic E-state index is 12.5. The molecule has 3 aromatic rings. The molecule has 28 heavy (non-hydrogen) atoms. The zero-order valence-electron chi connectivity index (χ0n) is 16.0. The molecule has 3 rings (SSSR count). The summed E-state index contributed by atoms with van der Waals surface area (Å²) in [7, 11) is 0. The van der Waals surface area contributed by atoms with Crippen molar-refractivity contribution in [3.05, 3.63) is 94.8 Å². The lowest BCUT2D eigenvalue weighted by atomic mass is 10.1. The van der Waals surface area contributed by atoms with Gasteiger partial charge in [-0.1, -0.05) is 36.4 Å². The first kappa shape index (κ1) is 19.3. The van der Waals surface area contributed by atoms with Gasteiger partial charge < -0.3 is 10.6 Å². The zero-order valence-corrected chi connectivity index (χ0v) is 16.0. The van der Waals surface area contributed by atoms with E-state index in [1.807, 2.05) is 62.4 Å². The highest BCUT2D eigenvalue weighted by Gasteiger charge is 2.12. The molecule has 2 N–H and O–H groups in total. The van der Waals surface area contributed by atoms with E-state index in [4.69, 9.17) is 0 Å². The number of nitrogens with zero attached hydrogens (tertiary/aromatic N) is 1. The smallest absolute Gasteiger partial charge is 0.257 e. The second-order valence-electron chi connectivity index (χ2n) is 6.71. The van der Waals surface area contributed by atoms with Crippen molar-refractivity contribution in [2.24, 2.45) is 0 Å². The average molecular weight is 373 g/mol. The summed E-state index contributed by atoms with van der Waals surface area (Å²) in [6, 6.07) is 17.2. The second-order valence-corrected chi connectivity index (χ2v) is 6.71. The third-order valence-corrected chi connectivity index (χ3v) is 4.57. The van der Waals surface area contributed by atoms with Gasteiger partial charge in [0.05, 0.1) is 11.1 Å². The molecule has 1 aromatic heterocycles. The first-order valence-electron chi connectivity index (χ1n) is 9.19. The van der Waals surface area contributed by atoms with Crippen LogP contribution in [-0.4, -0.2) is 23.3 Å². The van der Waals surface area contributed by atoms with E-state index in [0.717, 1.165) is 23.1 Å². The Morgan fingerprint density at radius 2 is 1.57 bits per heavy atom. The predicted octanol–water partition coefficient (Wildman–Crippen LogP) is 3.92. The maximum Gasteiger partial charge on any atom is 0.257 e. The Hall–Kier alpha value is -3.47. The highest BCUT2D eigenvalue weighted by Crippen LogP contribution is 2.15. The number of hydrogen-bond acceptors (Lipinski definition) is 3. The number of carbonyl (C=O) groups is 2. The van der Waals surface area contributed by atoms with E-state index in [1.54, 1.807) is 6.07 Å². The van der Waals surface area contributed by atoms with Crippen LogP contribution in [0.3, 0.4) is 0 Å². The minimum atomic E-state index is -0.297. The van der Waals surface area contributed by atoms with Gasteiger partial charge in [0.25, 0.3) is 11.8 Å². The number of hydrogen-bond donors (Lipinski definition) is 2. The Morgan fingerprint density at radius 1 is 0.857 bits per heavy atom. The van der Waals surface area contributed by atoms with Crippen LogP contribution >= 0.6 is 0 Å². The van der Waals surface area contributed by atoms with Crippen molar-refractivity contribution < 1.29 is 9.59 Å². The summed E-state index contributed by atoms with van der Waals surface area (Å²) in [5, 5.41) is 5.71. The molecule has 0 unspecified atom stereocenters. The number of rotatable bonds is 6. The van der Waals surface area contributed by atoms with Gasteiger partial charge in [0.15, 0.2) is 0 Å². The lowest BCUT2D eigenvalue weighted by Gasteiger charge is -2.09. The quantitative estimate of drug-likeness (QED) is 0.688. The number of anilines is 1. The number of nitrogens with one attached hydrogen (secondary N) is 2. The first-order valence-corrected chi connectivity index (χ1v) is 9.19. The highest BCUT2D eigenvalue weighted by molar-refractivity contribution is 6.05. The van der Waals surface area contributed by atoms with Gasteiger partial charge in [-0.2, -0.15) is 0 Å². The molecule has 1 heterocycles. The largest absolute Gasteiger partial charge is 0.352 e. The number of amides is 2. The van der Waals surface area contributed by atoms with Gasteiger partial charge in [0.2, 0.25) is 0 Å². The molecule has 0 spiro atoms. The third kappa shape index (κ3) is 5.04. The molecule has 0 aliphatic carbocycles. The van der Waals surface area contributed by atoms with Crippen molar-refractivity contribution in [3.8, 4) is 0 Å². The van der Waals surface area contributed by atoms with Crippen molar-refractivity contribution in [3.63, 3.8) is 0 Å². The predicted molar refractivity (Wildman–Crippen MR) is 111 cm³/mol. The summed E-state index contributed by atoms with van der Waals surface area (Å²) in [5.41, 5.74) is 4.83. The fourth-order valence-electron chi connectivity index (χ4n) is 2.78. The summed E-state index contributed by atoms with van der Waals surface area (Å²) in [4.78, 5) is 28.9. The van der Waals surface area contributed by atoms with Crippen LogP contribution in [0.25, 0.3) is 0 Å². The minimum absolute atomic E-state index is 0.246. The van der Waals surface area contributed by atoms with Crippen molar-refractivity contribution in [2.45, 2.75) is 20.3 Å². The molecule has 142 valence electrons. The Kier molecular flexibility index (Phi) is 6.17. The molecule has 0 fully saturated rings. The zero-order chi connectivity index (χ0) is 19.9. The van der Waals surface area contributed by atoms with Crippen molar-refractivity contribution in [1.29, 1.82) is 0 Å². The van der Waals surface area contributed by atoms with Crippen LogP contribution in [0.2, 0.25) is 0 Å². The fourth-order valence-corrected chi connectivity index (χ4v) is 2.78. The third-order valence-electron chi connectivity index (χ3n) is 4.57. The topological polar surface area (TPSA) is 71.1 Å². The fraction of sp³-hybridized carbons (Fsp3) is 0.174. The summed E-state index contributed by atoms with van der Waals surface area (Å²) < 4.78 is 0. The van der Waals surface area contributed by atoms with Crippen LogP contribution in [0.1, 0.15) is 37.4 Å². The van der Waals surface area contributed by atoms with E-state index in [-0.39, 0.29) is 11.8 Å². The van der Waals surface area contributed by atoms with E-state index >= 15 is 0 Å². The van der Waals surface area contributed by atoms with E-state index in [0.29, 0.717) is 23.4 Å². The lowest BCUT2D eigenvalue weighted by Crippen LogP contribution is -2.26. The molecule has 0 saturated heterocycles. The number of carbonyl (C=O) groups excluding carboxylic acids is 2. The molecule has 5 heteroatoms. The number of aromatic nitrogens is 1. The monoisotopic (exact) mass is 373 g/mol. The first-order chi connectivity index (χ1) is 13.5. The molecule has 2 aromatic carbocycles. The number of aryl methyl sites for hydroxylation is 2. The average Bonchev–Trinajstić information content (AvgIpc) is 2.71. The van der Waals surface area contributed by atoms with Gasteiger partial charge in [-0.05, 0) is 55.2 Å². The standard InChI is InChI=1S/C23H23N3O2/c1-16-8-9-21(12-17(16)2)26-23(28)20-13-19(14-24-15-20)22(27)25-11-10-18-6-4-3-5-7-18/h3-9,12-15H,10-11H2,1-2H3,(H,25,27)(H,26,28). The highest BCUT2D eigenvalue weighted by atomic mass is 16.2. The van der Waals surface area contributed by atoms with Gasteiger partial charge in [-0.25, -0.2) is 0 Å². The molecule has 0 aliphatic heterocycles. The maximum atomic E-state index is 12.5. The van der Waals surface area contributed by atoms with Crippen LogP contribution in [-0.2, 0) is 6.42 Å². The van der Waals surface area contributed by atoms with Gasteiger partial charge in [0, 0.05) is 24.6 Å². The Morgan fingerprint density at radius 3 is 2.29 bits per heavy atom. The molecule has 0 aliphatic rings. The van der Waals surface area contributed by atoms with E-state index in [1.165, 1.54) is 12.4 Å². The Balaban J connectivity index is 1.61. The Labute approximate surface area is 164 Å². The molecule has 0 radical (unpaired) electrons. The molecule has 2 amide bonds. The molecular weight excluding hydrogens is 350 g/mol. The van der Waals surface area contributed by atoms with E-state index < -0.39 is 0 Å². The van der Waals surface area contributed by atoms with Crippen LogP contribution in [0.5, 0.6) is 0 Å². The minimum Gasteiger partial charge on any atom is -0.352 e. The van der Waals surface area contributed by atoms with Crippen LogP contribution in [0, 0.1) is 13.8 Å². The van der Waals surface area contributed by atoms with Crippen molar-refractivity contribution in [2.75, 3.05) is 11.9 Å². The number of benzene rings is 2. The van der Waals surface area contributed by atoms with Crippen molar-refractivity contribution >= 4 is 17.5 Å². The summed E-state index contributed by atoms with van der Waals surface area (Å²) in [6.45, 7) is 4.53. The van der Waals surface area contributed by atoms with Crippen LogP contribution in [0.15, 0.2) is 67.0 Å². The van der Waals surface area contributed by atoms with E-state index in [9.17, 15) is 9.59 Å². The number of pyridine rings is 1. The Bertz CT molecular complexity index is 984. The molecule has 0 bridgehead atoms. The molecular formula is C23H23N3O2. The summed E-state index contributed by atoms with van der Waals surface area (Å²) in [6.07, 6.45) is 3.66. The SMILES string of the molecule is Cc1ccc(NC(=O)c2cncc(C(=O)NCCc3ccccc3)c2)cc1C. The normalized spacial score (nSPS) is 10.4. The summed E-state index contributed by atoms with van der Waals surface area (Å²) >= 11 is 0. The second kappa shape index (κ2) is 8.95. The lowest BCUT2D eigenvalue weighted by molar-refractivity contribution is 0.0953. The van der Waals surface area contributed by atoms with E-state index in [2.05, 4.69) is 15.6 Å². The molecule has 0 saturated carbocycles. The molecule has 0 atom stereocenters. The van der Waals surface area contributed by atoms with Gasteiger partial charge in [-0.15, -0.1) is 0 Å². The van der Waals surface area contributed by atoms with Gasteiger partial charge in [-0.3, -0.25) is 14.6 Å². The van der Waals surface area contributed by atoms with Gasteiger partial charge in [0.1, 0.15) is 0 Å². The molecule has 5 nitrogen and oxygen atoms in total. The summed E-state index contributed by atoms with van der Waals surface area (Å²) in [5.74, 6) is -0.543. The van der Waals surface area contributed by atoms with Crippen LogP contribution in [0.4, 0.5) is 5.69 Å². The van der Waals surface area contributed by atoms with Crippen molar-refractivity contribution in [1.82, 2.24) is 10.3 Å².